The van der Waals surface area contributed by atoms with Gasteiger partial charge in [0.2, 0.25) is 0 Å². The van der Waals surface area contributed by atoms with Gasteiger partial charge >= 0.3 is 0 Å². The SMILES string of the molecule is CCNC1CCOCC1CC1CC2CCC1C2. The minimum Gasteiger partial charge on any atom is -0.381 e. The van der Waals surface area contributed by atoms with Gasteiger partial charge in [0.05, 0.1) is 6.61 Å². The van der Waals surface area contributed by atoms with Gasteiger partial charge in [0.1, 0.15) is 0 Å². The second-order valence-electron chi connectivity index (χ2n) is 6.46. The van der Waals surface area contributed by atoms with Gasteiger partial charge in [-0.05, 0) is 62.3 Å². The molecule has 0 aromatic heterocycles. The minimum absolute atomic E-state index is 0.730. The average Bonchev–Trinajstić information content (AvgIpc) is 2.94. The Morgan fingerprint density at radius 2 is 2.06 bits per heavy atom. The van der Waals surface area contributed by atoms with Crippen LogP contribution in [0.4, 0.5) is 0 Å². The van der Waals surface area contributed by atoms with Crippen molar-refractivity contribution in [1.29, 1.82) is 0 Å². The van der Waals surface area contributed by atoms with Crippen LogP contribution in [-0.2, 0) is 4.74 Å². The first-order valence-electron chi connectivity index (χ1n) is 7.68. The van der Waals surface area contributed by atoms with E-state index in [4.69, 9.17) is 4.74 Å². The lowest BCUT2D eigenvalue weighted by atomic mass is 9.79. The average molecular weight is 237 g/mol. The zero-order chi connectivity index (χ0) is 11.7. The summed E-state index contributed by atoms with van der Waals surface area (Å²) in [7, 11) is 0. The topological polar surface area (TPSA) is 21.3 Å². The number of rotatable bonds is 4. The summed E-state index contributed by atoms with van der Waals surface area (Å²) in [5.41, 5.74) is 0. The predicted octanol–water partition coefficient (Wildman–Crippen LogP) is 2.83. The van der Waals surface area contributed by atoms with Gasteiger partial charge in [-0.3, -0.25) is 0 Å². The van der Waals surface area contributed by atoms with Gasteiger partial charge in [-0.25, -0.2) is 0 Å². The molecule has 1 N–H and O–H groups in total. The lowest BCUT2D eigenvalue weighted by molar-refractivity contribution is 0.0189. The lowest BCUT2D eigenvalue weighted by Gasteiger charge is -2.35. The van der Waals surface area contributed by atoms with E-state index in [0.29, 0.717) is 0 Å². The summed E-state index contributed by atoms with van der Waals surface area (Å²) in [6.07, 6.45) is 8.77. The van der Waals surface area contributed by atoms with Crippen molar-refractivity contribution in [3.8, 4) is 0 Å². The molecule has 1 heterocycles. The summed E-state index contributed by atoms with van der Waals surface area (Å²) in [4.78, 5) is 0. The summed E-state index contributed by atoms with van der Waals surface area (Å²) >= 11 is 0. The summed E-state index contributed by atoms with van der Waals surface area (Å²) in [5, 5.41) is 3.67. The van der Waals surface area contributed by atoms with Gasteiger partial charge in [0, 0.05) is 12.6 Å². The zero-order valence-electron chi connectivity index (χ0n) is 11.2. The van der Waals surface area contributed by atoms with Crippen LogP contribution in [-0.4, -0.2) is 25.8 Å². The third-order valence-electron chi connectivity index (χ3n) is 5.43. The van der Waals surface area contributed by atoms with Crippen LogP contribution in [0.1, 0.15) is 45.4 Å². The Morgan fingerprint density at radius 1 is 1.12 bits per heavy atom. The first kappa shape index (κ1) is 12.0. The van der Waals surface area contributed by atoms with Crippen molar-refractivity contribution in [2.45, 2.75) is 51.5 Å². The summed E-state index contributed by atoms with van der Waals surface area (Å²) < 4.78 is 5.71. The van der Waals surface area contributed by atoms with Crippen molar-refractivity contribution in [2.75, 3.05) is 19.8 Å². The maximum absolute atomic E-state index is 5.71. The molecule has 3 aliphatic rings. The van der Waals surface area contributed by atoms with Crippen LogP contribution in [0.15, 0.2) is 0 Å². The third-order valence-corrected chi connectivity index (χ3v) is 5.43. The van der Waals surface area contributed by atoms with Gasteiger partial charge in [0.25, 0.3) is 0 Å². The third kappa shape index (κ3) is 2.53. The molecule has 2 aliphatic carbocycles. The van der Waals surface area contributed by atoms with Crippen molar-refractivity contribution in [3.05, 3.63) is 0 Å². The Bertz CT molecular complexity index is 253. The summed E-state index contributed by atoms with van der Waals surface area (Å²) in [6.45, 7) is 5.30. The Morgan fingerprint density at radius 3 is 2.76 bits per heavy atom. The molecule has 2 saturated carbocycles. The highest BCUT2D eigenvalue weighted by atomic mass is 16.5. The smallest absolute Gasteiger partial charge is 0.0509 e. The first-order valence-corrected chi connectivity index (χ1v) is 7.68. The highest BCUT2D eigenvalue weighted by Crippen LogP contribution is 2.50. The predicted molar refractivity (Wildman–Crippen MR) is 69.9 cm³/mol. The number of fused-ring (bicyclic) bond motifs is 2. The monoisotopic (exact) mass is 237 g/mol. The van der Waals surface area contributed by atoms with Gasteiger partial charge in [-0.2, -0.15) is 0 Å². The molecule has 1 aliphatic heterocycles. The van der Waals surface area contributed by atoms with Crippen molar-refractivity contribution < 1.29 is 4.74 Å². The summed E-state index contributed by atoms with van der Waals surface area (Å²) in [6, 6.07) is 0.730. The molecule has 3 fully saturated rings. The van der Waals surface area contributed by atoms with E-state index in [9.17, 15) is 0 Å². The molecule has 2 nitrogen and oxygen atoms in total. The lowest BCUT2D eigenvalue weighted by Crippen LogP contribution is -2.43. The second kappa shape index (κ2) is 5.27. The van der Waals surface area contributed by atoms with Crippen LogP contribution in [0.2, 0.25) is 0 Å². The normalized spacial score (nSPS) is 45.4. The van der Waals surface area contributed by atoms with Crippen LogP contribution in [0.25, 0.3) is 0 Å². The van der Waals surface area contributed by atoms with Crippen LogP contribution < -0.4 is 5.32 Å². The second-order valence-corrected chi connectivity index (χ2v) is 6.46. The molecule has 5 unspecified atom stereocenters. The number of hydrogen-bond donors (Lipinski definition) is 1. The molecule has 2 bridgehead atoms. The first-order chi connectivity index (χ1) is 8.36. The largest absolute Gasteiger partial charge is 0.381 e. The Balaban J connectivity index is 1.55. The maximum Gasteiger partial charge on any atom is 0.0509 e. The molecule has 0 amide bonds. The van der Waals surface area contributed by atoms with Crippen molar-refractivity contribution in [3.63, 3.8) is 0 Å². The van der Waals surface area contributed by atoms with E-state index >= 15 is 0 Å². The highest BCUT2D eigenvalue weighted by Gasteiger charge is 2.41. The van der Waals surface area contributed by atoms with Crippen molar-refractivity contribution in [2.24, 2.45) is 23.7 Å². The molecule has 3 rings (SSSR count). The van der Waals surface area contributed by atoms with E-state index in [1.807, 2.05) is 0 Å². The molecule has 2 heteroatoms. The van der Waals surface area contributed by atoms with Crippen molar-refractivity contribution in [1.82, 2.24) is 5.32 Å². The fraction of sp³-hybridized carbons (Fsp3) is 1.00. The number of hydrogen-bond acceptors (Lipinski definition) is 2. The fourth-order valence-electron chi connectivity index (χ4n) is 4.61. The van der Waals surface area contributed by atoms with Gasteiger partial charge in [-0.1, -0.05) is 13.3 Å². The molecule has 0 radical (unpaired) electrons. The zero-order valence-corrected chi connectivity index (χ0v) is 11.2. The molecular formula is C15H27NO. The van der Waals surface area contributed by atoms with E-state index in [-0.39, 0.29) is 0 Å². The summed E-state index contributed by atoms with van der Waals surface area (Å²) in [5.74, 6) is 3.98. The van der Waals surface area contributed by atoms with Crippen LogP contribution >= 0.6 is 0 Å². The number of nitrogens with one attached hydrogen (secondary N) is 1. The van der Waals surface area contributed by atoms with E-state index in [1.165, 1.54) is 32.1 Å². The van der Waals surface area contributed by atoms with E-state index in [1.54, 1.807) is 6.42 Å². The van der Waals surface area contributed by atoms with Gasteiger partial charge in [0.15, 0.2) is 0 Å². The molecule has 0 spiro atoms. The van der Waals surface area contributed by atoms with E-state index < -0.39 is 0 Å². The fourth-order valence-corrected chi connectivity index (χ4v) is 4.61. The van der Waals surface area contributed by atoms with Gasteiger partial charge < -0.3 is 10.1 Å². The molecular weight excluding hydrogens is 210 g/mol. The van der Waals surface area contributed by atoms with Gasteiger partial charge in [-0.15, -0.1) is 0 Å². The standard InChI is InChI=1S/C15H27NO/c1-2-16-15-5-6-17-10-14(15)9-13-8-11-3-4-12(13)7-11/h11-16H,2-10H2,1H3. The van der Waals surface area contributed by atoms with Crippen LogP contribution in [0.5, 0.6) is 0 Å². The number of ether oxygens (including phenoxy) is 1. The molecule has 98 valence electrons. The Hall–Kier alpha value is -0.0800. The molecule has 0 aromatic carbocycles. The molecule has 5 atom stereocenters. The molecule has 1 saturated heterocycles. The van der Waals surface area contributed by atoms with E-state index in [2.05, 4.69) is 12.2 Å². The Labute approximate surface area is 105 Å². The maximum atomic E-state index is 5.71. The van der Waals surface area contributed by atoms with Crippen LogP contribution in [0.3, 0.4) is 0 Å². The van der Waals surface area contributed by atoms with Crippen molar-refractivity contribution >= 4 is 0 Å². The highest BCUT2D eigenvalue weighted by molar-refractivity contribution is 4.92. The molecule has 0 aromatic rings. The molecule has 17 heavy (non-hydrogen) atoms. The quantitative estimate of drug-likeness (QED) is 0.812. The Kier molecular flexibility index (Phi) is 3.72. The van der Waals surface area contributed by atoms with E-state index in [0.717, 1.165) is 49.5 Å². The minimum atomic E-state index is 0.730. The van der Waals surface area contributed by atoms with Crippen LogP contribution in [0, 0.1) is 23.7 Å².